The molecule has 5 rings (SSSR count). The maximum atomic E-state index is 5.55. The van der Waals surface area contributed by atoms with Crippen LogP contribution in [0.15, 0.2) is 54.7 Å². The van der Waals surface area contributed by atoms with E-state index in [4.69, 9.17) is 14.9 Å². The molecular weight excluding hydrogens is 412 g/mol. The second-order valence-electron chi connectivity index (χ2n) is 9.21. The molecule has 7 heteroatoms. The second kappa shape index (κ2) is 10.4. The zero-order valence-electron chi connectivity index (χ0n) is 19.5. The van der Waals surface area contributed by atoms with Crippen LogP contribution < -0.4 is 4.90 Å². The van der Waals surface area contributed by atoms with Gasteiger partial charge in [0.25, 0.3) is 0 Å². The number of benzene rings is 1. The third-order valence-electron chi connectivity index (χ3n) is 7.11. The topological polar surface area (TPSA) is 59.3 Å². The van der Waals surface area contributed by atoms with Crippen LogP contribution in [0.3, 0.4) is 0 Å². The number of hydrogen-bond acceptors (Lipinski definition) is 6. The number of pyridine rings is 1. The van der Waals surface area contributed by atoms with Crippen LogP contribution in [0, 0.1) is 0 Å². The van der Waals surface area contributed by atoms with Crippen molar-refractivity contribution in [2.24, 2.45) is 0 Å². The Kier molecular flexibility index (Phi) is 6.98. The van der Waals surface area contributed by atoms with Gasteiger partial charge in [-0.05, 0) is 43.4 Å². The minimum Gasteiger partial charge on any atom is -0.381 e. The largest absolute Gasteiger partial charge is 0.381 e. The van der Waals surface area contributed by atoms with E-state index in [-0.39, 0.29) is 0 Å². The average molecular weight is 447 g/mol. The highest BCUT2D eigenvalue weighted by Gasteiger charge is 2.28. The molecule has 0 aliphatic carbocycles. The van der Waals surface area contributed by atoms with Gasteiger partial charge in [0, 0.05) is 45.4 Å². The quantitative estimate of drug-likeness (QED) is 0.551. The molecule has 4 heterocycles. The van der Waals surface area contributed by atoms with Gasteiger partial charge in [0.15, 0.2) is 0 Å². The fourth-order valence-electron chi connectivity index (χ4n) is 5.12. The lowest BCUT2D eigenvalue weighted by Crippen LogP contribution is -2.37. The van der Waals surface area contributed by atoms with Crippen molar-refractivity contribution >= 4 is 5.82 Å². The maximum absolute atomic E-state index is 5.55. The Hall–Kier alpha value is -2.77. The van der Waals surface area contributed by atoms with Gasteiger partial charge in [-0.3, -0.25) is 4.90 Å². The minimum atomic E-state index is 0.392. The summed E-state index contributed by atoms with van der Waals surface area (Å²) in [7, 11) is 1.82. The molecule has 2 fully saturated rings. The van der Waals surface area contributed by atoms with Crippen LogP contribution in [-0.4, -0.2) is 64.0 Å². The van der Waals surface area contributed by atoms with Gasteiger partial charge in [-0.1, -0.05) is 36.4 Å². The Labute approximate surface area is 196 Å². The highest BCUT2D eigenvalue weighted by atomic mass is 16.5. The smallest absolute Gasteiger partial charge is 0.147 e. The number of methoxy groups -OCH3 is 1. The van der Waals surface area contributed by atoms with Gasteiger partial charge in [-0.2, -0.15) is 0 Å². The monoisotopic (exact) mass is 446 g/mol. The van der Waals surface area contributed by atoms with Gasteiger partial charge in [-0.25, -0.2) is 4.98 Å². The van der Waals surface area contributed by atoms with Crippen LogP contribution in [0.4, 0.5) is 5.82 Å². The van der Waals surface area contributed by atoms with E-state index in [0.717, 1.165) is 82.4 Å². The van der Waals surface area contributed by atoms with E-state index in [9.17, 15) is 0 Å². The SMILES string of the molecule is COC1CCN(Cc2nnc(C3CCN(c4ccccn4)CC3)n2Cc2ccccc2)CC1. The molecule has 174 valence electrons. The summed E-state index contributed by atoms with van der Waals surface area (Å²) in [6.07, 6.45) is 6.58. The van der Waals surface area contributed by atoms with E-state index in [1.165, 1.54) is 5.56 Å². The average Bonchev–Trinajstić information content (AvgIpc) is 3.27. The summed E-state index contributed by atoms with van der Waals surface area (Å²) in [6.45, 7) is 5.78. The number of nitrogens with zero attached hydrogens (tertiary/aromatic N) is 6. The lowest BCUT2D eigenvalue weighted by atomic mass is 9.95. The first-order valence-electron chi connectivity index (χ1n) is 12.2. The normalized spacial score (nSPS) is 18.6. The number of rotatable bonds is 7. The standard InChI is InChI=1S/C26H34N6O/c1-33-23-12-15-30(16-13-23)20-25-28-29-26(32(25)19-21-7-3-2-4-8-21)22-10-17-31(18-11-22)24-9-5-6-14-27-24/h2-9,14,22-23H,10-13,15-20H2,1H3. The van der Waals surface area contributed by atoms with E-state index >= 15 is 0 Å². The Morgan fingerprint density at radius 3 is 2.30 bits per heavy atom. The predicted molar refractivity (Wildman–Crippen MR) is 129 cm³/mol. The molecule has 1 aromatic carbocycles. The Bertz CT molecular complexity index is 992. The van der Waals surface area contributed by atoms with Crippen LogP contribution in [0.2, 0.25) is 0 Å². The van der Waals surface area contributed by atoms with E-state index < -0.39 is 0 Å². The number of anilines is 1. The molecule has 2 saturated heterocycles. The van der Waals surface area contributed by atoms with Gasteiger partial charge in [-0.15, -0.1) is 10.2 Å². The van der Waals surface area contributed by atoms with Gasteiger partial charge in [0.2, 0.25) is 0 Å². The minimum absolute atomic E-state index is 0.392. The molecule has 0 amide bonds. The Morgan fingerprint density at radius 2 is 1.61 bits per heavy atom. The van der Waals surface area contributed by atoms with Crippen molar-refractivity contribution in [1.29, 1.82) is 0 Å². The van der Waals surface area contributed by atoms with Crippen LogP contribution in [-0.2, 0) is 17.8 Å². The van der Waals surface area contributed by atoms with E-state index in [0.29, 0.717) is 12.0 Å². The van der Waals surface area contributed by atoms with Gasteiger partial charge in [0.05, 0.1) is 19.2 Å². The molecule has 0 atom stereocenters. The van der Waals surface area contributed by atoms with Crippen molar-refractivity contribution in [3.05, 3.63) is 71.9 Å². The zero-order chi connectivity index (χ0) is 22.5. The van der Waals surface area contributed by atoms with Crippen molar-refractivity contribution < 1.29 is 4.74 Å². The number of ether oxygens (including phenoxy) is 1. The Balaban J connectivity index is 1.32. The van der Waals surface area contributed by atoms with Crippen molar-refractivity contribution in [2.75, 3.05) is 38.2 Å². The molecule has 33 heavy (non-hydrogen) atoms. The van der Waals surface area contributed by atoms with Gasteiger partial charge in [0.1, 0.15) is 17.5 Å². The number of aromatic nitrogens is 4. The van der Waals surface area contributed by atoms with Crippen LogP contribution in [0.1, 0.15) is 48.8 Å². The lowest BCUT2D eigenvalue weighted by Gasteiger charge is -2.33. The molecule has 0 unspecified atom stereocenters. The second-order valence-corrected chi connectivity index (χ2v) is 9.21. The highest BCUT2D eigenvalue weighted by Crippen LogP contribution is 2.30. The number of piperidine rings is 2. The molecule has 0 bridgehead atoms. The van der Waals surface area contributed by atoms with Crippen molar-refractivity contribution in [3.8, 4) is 0 Å². The number of hydrogen-bond donors (Lipinski definition) is 0. The summed E-state index contributed by atoms with van der Waals surface area (Å²) in [5.74, 6) is 3.72. The Morgan fingerprint density at radius 1 is 0.848 bits per heavy atom. The molecule has 2 aromatic heterocycles. The first-order valence-corrected chi connectivity index (χ1v) is 12.2. The molecule has 0 N–H and O–H groups in total. The van der Waals surface area contributed by atoms with Gasteiger partial charge < -0.3 is 14.2 Å². The molecule has 2 aliphatic heterocycles. The first-order chi connectivity index (χ1) is 16.3. The fourth-order valence-corrected chi connectivity index (χ4v) is 5.12. The van der Waals surface area contributed by atoms with E-state index in [1.54, 1.807) is 0 Å². The summed E-state index contributed by atoms with van der Waals surface area (Å²) in [6, 6.07) is 16.8. The predicted octanol–water partition coefficient (Wildman–Crippen LogP) is 3.72. The van der Waals surface area contributed by atoms with Crippen molar-refractivity contribution in [2.45, 2.75) is 50.8 Å². The first kappa shape index (κ1) is 22.0. The van der Waals surface area contributed by atoms with Crippen molar-refractivity contribution in [1.82, 2.24) is 24.6 Å². The van der Waals surface area contributed by atoms with Crippen LogP contribution in [0.5, 0.6) is 0 Å². The third-order valence-corrected chi connectivity index (χ3v) is 7.11. The van der Waals surface area contributed by atoms with Crippen molar-refractivity contribution in [3.63, 3.8) is 0 Å². The molecular formula is C26H34N6O. The molecule has 2 aliphatic rings. The summed E-state index contributed by atoms with van der Waals surface area (Å²) in [5.41, 5.74) is 1.30. The van der Waals surface area contributed by atoms with E-state index in [1.807, 2.05) is 19.4 Å². The zero-order valence-corrected chi connectivity index (χ0v) is 19.5. The summed E-state index contributed by atoms with van der Waals surface area (Å²) >= 11 is 0. The van der Waals surface area contributed by atoms with Gasteiger partial charge >= 0.3 is 0 Å². The summed E-state index contributed by atoms with van der Waals surface area (Å²) in [4.78, 5) is 9.41. The van der Waals surface area contributed by atoms with E-state index in [2.05, 4.69) is 61.8 Å². The van der Waals surface area contributed by atoms with Crippen LogP contribution >= 0.6 is 0 Å². The third kappa shape index (κ3) is 5.25. The molecule has 0 radical (unpaired) electrons. The highest BCUT2D eigenvalue weighted by molar-refractivity contribution is 5.38. The van der Waals surface area contributed by atoms with Crippen LogP contribution in [0.25, 0.3) is 0 Å². The molecule has 7 nitrogen and oxygen atoms in total. The molecule has 0 saturated carbocycles. The lowest BCUT2D eigenvalue weighted by molar-refractivity contribution is 0.0378. The maximum Gasteiger partial charge on any atom is 0.147 e. The molecule has 3 aromatic rings. The number of likely N-dealkylation sites (tertiary alicyclic amines) is 1. The molecule has 0 spiro atoms. The summed E-state index contributed by atoms with van der Waals surface area (Å²) < 4.78 is 7.94. The fraction of sp³-hybridized carbons (Fsp3) is 0.500. The summed E-state index contributed by atoms with van der Waals surface area (Å²) in [5, 5.41) is 9.47.